The minimum atomic E-state index is 0.0624. The number of pyridine rings is 1. The molecule has 2 aromatic rings. The SMILES string of the molecule is Clc1cnc(NC2COc3ccccc32)c(Cl)c1. The summed E-state index contributed by atoms with van der Waals surface area (Å²) in [6, 6.07) is 9.65. The lowest BCUT2D eigenvalue weighted by molar-refractivity contribution is 0.339. The van der Waals surface area contributed by atoms with Crippen LogP contribution in [0.5, 0.6) is 5.75 Å². The lowest BCUT2D eigenvalue weighted by atomic mass is 10.1. The molecule has 1 aromatic heterocycles. The lowest BCUT2D eigenvalue weighted by Crippen LogP contribution is -2.13. The van der Waals surface area contributed by atoms with Gasteiger partial charge in [0.25, 0.3) is 0 Å². The second kappa shape index (κ2) is 4.67. The van der Waals surface area contributed by atoms with Gasteiger partial charge in [-0.05, 0) is 12.1 Å². The van der Waals surface area contributed by atoms with Gasteiger partial charge < -0.3 is 10.1 Å². The molecule has 2 heterocycles. The van der Waals surface area contributed by atoms with Crippen LogP contribution >= 0.6 is 23.2 Å². The number of para-hydroxylation sites is 1. The first-order valence-electron chi connectivity index (χ1n) is 5.53. The normalized spacial score (nSPS) is 17.1. The highest BCUT2D eigenvalue weighted by Crippen LogP contribution is 2.35. The van der Waals surface area contributed by atoms with E-state index in [2.05, 4.69) is 10.3 Å². The Balaban J connectivity index is 1.86. The highest BCUT2D eigenvalue weighted by Gasteiger charge is 2.24. The Morgan fingerprint density at radius 3 is 2.94 bits per heavy atom. The predicted octanol–water partition coefficient (Wildman–Crippen LogP) is 3.93. The molecule has 0 bridgehead atoms. The maximum absolute atomic E-state index is 6.08. The Morgan fingerprint density at radius 1 is 1.28 bits per heavy atom. The van der Waals surface area contributed by atoms with E-state index in [1.165, 1.54) is 0 Å². The average molecular weight is 281 g/mol. The van der Waals surface area contributed by atoms with Gasteiger partial charge in [-0.15, -0.1) is 0 Å². The number of benzene rings is 1. The first kappa shape index (κ1) is 11.6. The van der Waals surface area contributed by atoms with Gasteiger partial charge in [0.1, 0.15) is 18.2 Å². The number of aromatic nitrogens is 1. The van der Waals surface area contributed by atoms with Crippen LogP contribution in [0.2, 0.25) is 10.0 Å². The molecule has 0 spiro atoms. The molecule has 92 valence electrons. The summed E-state index contributed by atoms with van der Waals surface area (Å²) in [4.78, 5) is 4.18. The van der Waals surface area contributed by atoms with Crippen molar-refractivity contribution in [3.05, 3.63) is 52.1 Å². The van der Waals surface area contributed by atoms with Crippen LogP contribution in [0.4, 0.5) is 5.82 Å². The number of hydrogen-bond donors (Lipinski definition) is 1. The zero-order valence-corrected chi connectivity index (χ0v) is 10.9. The maximum Gasteiger partial charge on any atom is 0.145 e. The van der Waals surface area contributed by atoms with Crippen molar-refractivity contribution in [1.29, 1.82) is 0 Å². The molecule has 0 fully saturated rings. The number of fused-ring (bicyclic) bond motifs is 1. The van der Waals surface area contributed by atoms with E-state index in [0.29, 0.717) is 22.5 Å². The van der Waals surface area contributed by atoms with Crippen LogP contribution in [-0.2, 0) is 0 Å². The third-order valence-corrected chi connectivity index (χ3v) is 3.31. The molecule has 3 rings (SSSR count). The number of hydrogen-bond acceptors (Lipinski definition) is 3. The van der Waals surface area contributed by atoms with Crippen LogP contribution in [0.15, 0.2) is 36.5 Å². The molecular weight excluding hydrogens is 271 g/mol. The molecule has 1 N–H and O–H groups in total. The summed E-state index contributed by atoms with van der Waals surface area (Å²) in [6.07, 6.45) is 1.57. The van der Waals surface area contributed by atoms with Crippen molar-refractivity contribution in [3.8, 4) is 5.75 Å². The highest BCUT2D eigenvalue weighted by molar-refractivity contribution is 6.35. The topological polar surface area (TPSA) is 34.2 Å². The fourth-order valence-electron chi connectivity index (χ4n) is 1.97. The number of nitrogens with zero attached hydrogens (tertiary/aromatic N) is 1. The van der Waals surface area contributed by atoms with Crippen molar-refractivity contribution in [1.82, 2.24) is 4.98 Å². The van der Waals surface area contributed by atoms with Crippen LogP contribution in [0, 0.1) is 0 Å². The molecule has 0 aliphatic carbocycles. The van der Waals surface area contributed by atoms with E-state index in [0.717, 1.165) is 11.3 Å². The van der Waals surface area contributed by atoms with Crippen LogP contribution in [0.1, 0.15) is 11.6 Å². The molecule has 1 aliphatic rings. The Bertz CT molecular complexity index is 589. The Labute approximate surface area is 115 Å². The molecule has 1 atom stereocenters. The van der Waals surface area contributed by atoms with Gasteiger partial charge in [0.05, 0.1) is 16.1 Å². The van der Waals surface area contributed by atoms with Crippen LogP contribution in [0.3, 0.4) is 0 Å². The summed E-state index contributed by atoms with van der Waals surface area (Å²) in [5, 5.41) is 4.29. The van der Waals surface area contributed by atoms with Crippen molar-refractivity contribution < 1.29 is 4.74 Å². The molecule has 1 aliphatic heterocycles. The molecular formula is C13H10Cl2N2O. The van der Waals surface area contributed by atoms with Gasteiger partial charge in [0, 0.05) is 11.8 Å². The second-order valence-electron chi connectivity index (χ2n) is 4.03. The molecule has 0 saturated heterocycles. The summed E-state index contributed by atoms with van der Waals surface area (Å²) in [5.41, 5.74) is 1.12. The first-order valence-corrected chi connectivity index (χ1v) is 6.29. The van der Waals surface area contributed by atoms with Crippen molar-refractivity contribution in [3.63, 3.8) is 0 Å². The smallest absolute Gasteiger partial charge is 0.145 e. The summed E-state index contributed by atoms with van der Waals surface area (Å²) in [6.45, 7) is 0.569. The molecule has 3 nitrogen and oxygen atoms in total. The fourth-order valence-corrected chi connectivity index (χ4v) is 2.40. The van der Waals surface area contributed by atoms with Gasteiger partial charge in [-0.25, -0.2) is 4.98 Å². The zero-order valence-electron chi connectivity index (χ0n) is 9.36. The van der Waals surface area contributed by atoms with Crippen molar-refractivity contribution in [2.45, 2.75) is 6.04 Å². The zero-order chi connectivity index (χ0) is 12.5. The number of nitrogens with one attached hydrogen (secondary N) is 1. The molecule has 0 radical (unpaired) electrons. The van der Waals surface area contributed by atoms with Gasteiger partial charge >= 0.3 is 0 Å². The highest BCUT2D eigenvalue weighted by atomic mass is 35.5. The van der Waals surface area contributed by atoms with Gasteiger partial charge in [0.2, 0.25) is 0 Å². The van der Waals surface area contributed by atoms with Crippen molar-refractivity contribution in [2.24, 2.45) is 0 Å². The van der Waals surface area contributed by atoms with Gasteiger partial charge in [0.15, 0.2) is 0 Å². The van der Waals surface area contributed by atoms with E-state index >= 15 is 0 Å². The average Bonchev–Trinajstić information content (AvgIpc) is 2.76. The van der Waals surface area contributed by atoms with Gasteiger partial charge in [-0.3, -0.25) is 0 Å². The summed E-state index contributed by atoms with van der Waals surface area (Å²) >= 11 is 11.9. The third-order valence-electron chi connectivity index (χ3n) is 2.82. The molecule has 1 unspecified atom stereocenters. The minimum absolute atomic E-state index is 0.0624. The predicted molar refractivity (Wildman–Crippen MR) is 72.6 cm³/mol. The maximum atomic E-state index is 6.08. The molecule has 0 saturated carbocycles. The quantitative estimate of drug-likeness (QED) is 0.905. The lowest BCUT2D eigenvalue weighted by Gasteiger charge is -2.13. The van der Waals surface area contributed by atoms with E-state index in [-0.39, 0.29) is 6.04 Å². The van der Waals surface area contributed by atoms with Gasteiger partial charge in [-0.2, -0.15) is 0 Å². The molecule has 0 amide bonds. The van der Waals surface area contributed by atoms with E-state index in [1.807, 2.05) is 24.3 Å². The third kappa shape index (κ3) is 2.11. The molecule has 18 heavy (non-hydrogen) atoms. The van der Waals surface area contributed by atoms with Gasteiger partial charge in [-0.1, -0.05) is 41.4 Å². The minimum Gasteiger partial charge on any atom is -0.491 e. The van der Waals surface area contributed by atoms with E-state index in [4.69, 9.17) is 27.9 Å². The van der Waals surface area contributed by atoms with Crippen LogP contribution in [-0.4, -0.2) is 11.6 Å². The van der Waals surface area contributed by atoms with Crippen LogP contribution < -0.4 is 10.1 Å². The fraction of sp³-hybridized carbons (Fsp3) is 0.154. The Morgan fingerprint density at radius 2 is 2.11 bits per heavy atom. The number of anilines is 1. The largest absolute Gasteiger partial charge is 0.491 e. The van der Waals surface area contributed by atoms with Crippen molar-refractivity contribution in [2.75, 3.05) is 11.9 Å². The van der Waals surface area contributed by atoms with Crippen molar-refractivity contribution >= 4 is 29.0 Å². The Kier molecular flexibility index (Phi) is 3.02. The number of halogens is 2. The van der Waals surface area contributed by atoms with E-state index < -0.39 is 0 Å². The molecule has 1 aromatic carbocycles. The summed E-state index contributed by atoms with van der Waals surface area (Å²) < 4.78 is 5.59. The Hall–Kier alpha value is -1.45. The first-order chi connectivity index (χ1) is 8.74. The van der Waals surface area contributed by atoms with Crippen LogP contribution in [0.25, 0.3) is 0 Å². The summed E-state index contributed by atoms with van der Waals surface area (Å²) in [5.74, 6) is 1.52. The monoisotopic (exact) mass is 280 g/mol. The van der Waals surface area contributed by atoms with E-state index in [1.54, 1.807) is 12.3 Å². The number of rotatable bonds is 2. The number of ether oxygens (including phenoxy) is 1. The van der Waals surface area contributed by atoms with E-state index in [9.17, 15) is 0 Å². The molecule has 5 heteroatoms. The standard InChI is InChI=1S/C13H10Cl2N2O/c14-8-5-10(15)13(16-6-8)17-11-7-18-12-4-2-1-3-9(11)12/h1-6,11H,7H2,(H,16,17). The summed E-state index contributed by atoms with van der Waals surface area (Å²) in [7, 11) is 0. The second-order valence-corrected chi connectivity index (χ2v) is 4.87.